The van der Waals surface area contributed by atoms with Gasteiger partial charge in [-0.2, -0.15) is 5.26 Å². The van der Waals surface area contributed by atoms with Crippen LogP contribution in [0.15, 0.2) is 42.5 Å². The van der Waals surface area contributed by atoms with Crippen molar-refractivity contribution in [2.24, 2.45) is 0 Å². The Morgan fingerprint density at radius 2 is 2.00 bits per heavy atom. The maximum Gasteiger partial charge on any atom is 0.251 e. The number of phenols is 1. The van der Waals surface area contributed by atoms with Crippen molar-refractivity contribution in [1.82, 2.24) is 5.32 Å². The van der Waals surface area contributed by atoms with Crippen molar-refractivity contribution in [3.63, 3.8) is 0 Å². The van der Waals surface area contributed by atoms with Crippen LogP contribution >= 0.6 is 0 Å². The first-order valence-electron chi connectivity index (χ1n) is 6.27. The Bertz CT molecular complexity index is 687. The molecule has 2 aromatic carbocycles. The smallest absolute Gasteiger partial charge is 0.251 e. The van der Waals surface area contributed by atoms with Gasteiger partial charge in [0.1, 0.15) is 11.8 Å². The third-order valence-corrected chi connectivity index (χ3v) is 2.91. The van der Waals surface area contributed by atoms with Gasteiger partial charge in [0.25, 0.3) is 5.91 Å². The SMILES string of the molecule is CCNC(=O)c1cccc(-c2ccc(C#N)c(O)c2)c1. The average Bonchev–Trinajstić information content (AvgIpc) is 2.47. The number of benzene rings is 2. The van der Waals surface area contributed by atoms with E-state index in [2.05, 4.69) is 5.32 Å². The van der Waals surface area contributed by atoms with Gasteiger partial charge >= 0.3 is 0 Å². The first kappa shape index (κ1) is 13.6. The zero-order valence-electron chi connectivity index (χ0n) is 11.1. The first-order valence-corrected chi connectivity index (χ1v) is 6.27. The maximum absolute atomic E-state index is 11.8. The molecule has 0 atom stereocenters. The highest BCUT2D eigenvalue weighted by Crippen LogP contribution is 2.26. The minimum Gasteiger partial charge on any atom is -0.507 e. The minimum absolute atomic E-state index is 0.0617. The summed E-state index contributed by atoms with van der Waals surface area (Å²) in [5, 5.41) is 21.2. The van der Waals surface area contributed by atoms with Crippen molar-refractivity contribution < 1.29 is 9.90 Å². The quantitative estimate of drug-likeness (QED) is 0.897. The van der Waals surface area contributed by atoms with Gasteiger partial charge in [-0.1, -0.05) is 18.2 Å². The molecule has 0 saturated carbocycles. The van der Waals surface area contributed by atoms with E-state index < -0.39 is 0 Å². The molecule has 0 aliphatic heterocycles. The molecule has 0 aliphatic carbocycles. The molecule has 0 spiro atoms. The first-order chi connectivity index (χ1) is 9.65. The Labute approximate surface area is 117 Å². The van der Waals surface area contributed by atoms with Crippen LogP contribution in [-0.2, 0) is 0 Å². The second kappa shape index (κ2) is 5.89. The third-order valence-electron chi connectivity index (χ3n) is 2.91. The lowest BCUT2D eigenvalue weighted by molar-refractivity contribution is 0.0956. The van der Waals surface area contributed by atoms with Crippen molar-refractivity contribution in [3.05, 3.63) is 53.6 Å². The van der Waals surface area contributed by atoms with E-state index in [0.29, 0.717) is 12.1 Å². The van der Waals surface area contributed by atoms with Crippen molar-refractivity contribution in [3.8, 4) is 22.9 Å². The number of aromatic hydroxyl groups is 1. The van der Waals surface area contributed by atoms with Crippen LogP contribution < -0.4 is 5.32 Å². The summed E-state index contributed by atoms with van der Waals surface area (Å²) in [5.74, 6) is -0.194. The maximum atomic E-state index is 11.8. The Morgan fingerprint density at radius 1 is 1.25 bits per heavy atom. The summed E-state index contributed by atoms with van der Waals surface area (Å²) < 4.78 is 0. The summed E-state index contributed by atoms with van der Waals surface area (Å²) in [6.07, 6.45) is 0. The van der Waals surface area contributed by atoms with Crippen molar-refractivity contribution in [2.75, 3.05) is 6.54 Å². The molecule has 0 unspecified atom stereocenters. The molecule has 0 fully saturated rings. The second-order valence-electron chi connectivity index (χ2n) is 4.28. The zero-order valence-corrected chi connectivity index (χ0v) is 11.1. The monoisotopic (exact) mass is 266 g/mol. The summed E-state index contributed by atoms with van der Waals surface area (Å²) in [7, 11) is 0. The van der Waals surface area contributed by atoms with E-state index in [4.69, 9.17) is 5.26 Å². The molecule has 100 valence electrons. The molecule has 4 heteroatoms. The minimum atomic E-state index is -0.132. The lowest BCUT2D eigenvalue weighted by Gasteiger charge is -2.07. The molecule has 0 bridgehead atoms. The Morgan fingerprint density at radius 3 is 2.65 bits per heavy atom. The fourth-order valence-electron chi connectivity index (χ4n) is 1.91. The number of carbonyl (C=O) groups excluding carboxylic acids is 1. The van der Waals surface area contributed by atoms with E-state index in [0.717, 1.165) is 11.1 Å². The fourth-order valence-corrected chi connectivity index (χ4v) is 1.91. The molecule has 0 radical (unpaired) electrons. The van der Waals surface area contributed by atoms with Crippen molar-refractivity contribution in [2.45, 2.75) is 6.92 Å². The number of nitrogens with one attached hydrogen (secondary N) is 1. The van der Waals surface area contributed by atoms with E-state index in [9.17, 15) is 9.90 Å². The van der Waals surface area contributed by atoms with Gasteiger partial charge in [-0.3, -0.25) is 4.79 Å². The molecule has 0 saturated heterocycles. The van der Waals surface area contributed by atoms with E-state index in [1.807, 2.05) is 19.1 Å². The number of nitriles is 1. The standard InChI is InChI=1S/C16H14N2O2/c1-2-18-16(20)13-5-3-4-11(8-13)12-6-7-14(10-17)15(19)9-12/h3-9,19H,2H2,1H3,(H,18,20). The van der Waals surface area contributed by atoms with Crippen LogP contribution in [0.25, 0.3) is 11.1 Å². The van der Waals surface area contributed by atoms with E-state index in [1.165, 1.54) is 6.07 Å². The van der Waals surface area contributed by atoms with Gasteiger partial charge in [-0.25, -0.2) is 0 Å². The number of carbonyl (C=O) groups is 1. The van der Waals surface area contributed by atoms with Crippen LogP contribution in [0.4, 0.5) is 0 Å². The Kier molecular flexibility index (Phi) is 4.02. The van der Waals surface area contributed by atoms with Gasteiger partial charge in [-0.15, -0.1) is 0 Å². The molecule has 0 aliphatic rings. The molecule has 2 aromatic rings. The van der Waals surface area contributed by atoms with Gasteiger partial charge < -0.3 is 10.4 Å². The molecular formula is C16H14N2O2. The number of nitrogens with zero attached hydrogens (tertiary/aromatic N) is 1. The average molecular weight is 266 g/mol. The van der Waals surface area contributed by atoms with Crippen LogP contribution in [0, 0.1) is 11.3 Å². The molecule has 2 rings (SSSR count). The van der Waals surface area contributed by atoms with Gasteiger partial charge in [0.2, 0.25) is 0 Å². The highest BCUT2D eigenvalue weighted by atomic mass is 16.3. The lowest BCUT2D eigenvalue weighted by atomic mass is 10.0. The fraction of sp³-hybridized carbons (Fsp3) is 0.125. The topological polar surface area (TPSA) is 73.1 Å². The molecular weight excluding hydrogens is 252 g/mol. The summed E-state index contributed by atoms with van der Waals surface area (Å²) in [6.45, 7) is 2.43. The third kappa shape index (κ3) is 2.78. The van der Waals surface area contributed by atoms with Crippen LogP contribution in [0.2, 0.25) is 0 Å². The molecule has 0 aromatic heterocycles. The van der Waals surface area contributed by atoms with Crippen molar-refractivity contribution >= 4 is 5.91 Å². The summed E-state index contributed by atoms with van der Waals surface area (Å²) in [5.41, 5.74) is 2.36. The van der Waals surface area contributed by atoms with Crippen molar-refractivity contribution in [1.29, 1.82) is 5.26 Å². The lowest BCUT2D eigenvalue weighted by Crippen LogP contribution is -2.22. The Hall–Kier alpha value is -2.80. The predicted molar refractivity (Wildman–Crippen MR) is 76.3 cm³/mol. The van der Waals surface area contributed by atoms with E-state index in [-0.39, 0.29) is 17.2 Å². The number of amides is 1. The summed E-state index contributed by atoms with van der Waals surface area (Å²) in [6, 6.07) is 13.9. The summed E-state index contributed by atoms with van der Waals surface area (Å²) >= 11 is 0. The number of hydrogen-bond acceptors (Lipinski definition) is 3. The van der Waals surface area contributed by atoms with Gasteiger partial charge in [0.05, 0.1) is 5.56 Å². The number of phenolic OH excluding ortho intramolecular Hbond substituents is 1. The van der Waals surface area contributed by atoms with Crippen LogP contribution in [0.3, 0.4) is 0 Å². The van der Waals surface area contributed by atoms with Gasteiger partial charge in [0, 0.05) is 12.1 Å². The van der Waals surface area contributed by atoms with Crippen LogP contribution in [-0.4, -0.2) is 17.6 Å². The predicted octanol–water partition coefficient (Wildman–Crippen LogP) is 2.68. The van der Waals surface area contributed by atoms with Gasteiger partial charge in [0.15, 0.2) is 0 Å². The number of rotatable bonds is 3. The molecule has 4 nitrogen and oxygen atoms in total. The molecule has 2 N–H and O–H groups in total. The normalized spacial score (nSPS) is 9.80. The second-order valence-corrected chi connectivity index (χ2v) is 4.28. The van der Waals surface area contributed by atoms with Gasteiger partial charge in [-0.05, 0) is 42.3 Å². The molecule has 20 heavy (non-hydrogen) atoms. The number of hydrogen-bond donors (Lipinski definition) is 2. The zero-order chi connectivity index (χ0) is 14.5. The molecule has 1 amide bonds. The summed E-state index contributed by atoms with van der Waals surface area (Å²) in [4.78, 5) is 11.8. The van der Waals surface area contributed by atoms with E-state index in [1.54, 1.807) is 30.3 Å². The highest BCUT2D eigenvalue weighted by molar-refractivity contribution is 5.95. The van der Waals surface area contributed by atoms with E-state index >= 15 is 0 Å². The highest BCUT2D eigenvalue weighted by Gasteiger charge is 2.07. The van der Waals surface area contributed by atoms with Crippen LogP contribution in [0.1, 0.15) is 22.8 Å². The largest absolute Gasteiger partial charge is 0.507 e. The molecule has 0 heterocycles. The van der Waals surface area contributed by atoms with Crippen LogP contribution in [0.5, 0.6) is 5.75 Å². The Balaban J connectivity index is 2.39.